The maximum Gasteiger partial charge on any atom is 0.159 e. The van der Waals surface area contributed by atoms with E-state index in [0.717, 1.165) is 48.1 Å². The van der Waals surface area contributed by atoms with Gasteiger partial charge in [-0.05, 0) is 100 Å². The summed E-state index contributed by atoms with van der Waals surface area (Å²) in [5.74, 6) is 3.70. The van der Waals surface area contributed by atoms with Gasteiger partial charge in [-0.1, -0.05) is 0 Å². The van der Waals surface area contributed by atoms with E-state index in [0.29, 0.717) is 28.4 Å². The molecule has 1 atom stereocenters. The normalized spacial score (nSPS) is 28.7. The number of rotatable bonds is 5. The number of benzene rings is 1. The fraction of sp³-hybridized carbons (Fsp3) is 0.481. The largest absolute Gasteiger partial charge is 0.505 e. The Kier molecular flexibility index (Phi) is 4.68. The van der Waals surface area contributed by atoms with Gasteiger partial charge in [0, 0.05) is 11.6 Å². The van der Waals surface area contributed by atoms with E-state index in [9.17, 15) is 5.11 Å². The summed E-state index contributed by atoms with van der Waals surface area (Å²) in [6, 6.07) is 9.43. The quantitative estimate of drug-likeness (QED) is 0.386. The van der Waals surface area contributed by atoms with Gasteiger partial charge in [0.1, 0.15) is 29.0 Å². The van der Waals surface area contributed by atoms with Gasteiger partial charge < -0.3 is 20.3 Å². The molecule has 1 unspecified atom stereocenters. The SMILES string of the molecule is Cc1nc2ncccc2cc1OC(C)c1c(OC23CC4CC(CC(C4)C2)C3)ccc(N)c1O. The topological polar surface area (TPSA) is 90.5 Å². The molecule has 33 heavy (non-hydrogen) atoms. The number of hydrogen-bond acceptors (Lipinski definition) is 6. The molecule has 172 valence electrons. The van der Waals surface area contributed by atoms with Crippen molar-refractivity contribution in [1.29, 1.82) is 0 Å². The summed E-state index contributed by atoms with van der Waals surface area (Å²) in [6.07, 6.45) is 8.66. The Bertz CT molecular complexity index is 1190. The highest BCUT2D eigenvalue weighted by Crippen LogP contribution is 2.57. The Balaban J connectivity index is 1.33. The average Bonchev–Trinajstić information content (AvgIpc) is 2.76. The van der Waals surface area contributed by atoms with Crippen LogP contribution in [0.2, 0.25) is 0 Å². The van der Waals surface area contributed by atoms with Gasteiger partial charge in [0.25, 0.3) is 0 Å². The summed E-state index contributed by atoms with van der Waals surface area (Å²) in [7, 11) is 0. The van der Waals surface area contributed by atoms with E-state index in [1.807, 2.05) is 38.1 Å². The van der Waals surface area contributed by atoms with Crippen LogP contribution in [0, 0.1) is 24.7 Å². The first kappa shape index (κ1) is 20.6. The van der Waals surface area contributed by atoms with Gasteiger partial charge in [-0.3, -0.25) is 0 Å². The van der Waals surface area contributed by atoms with Crippen LogP contribution in [0.3, 0.4) is 0 Å². The summed E-state index contributed by atoms with van der Waals surface area (Å²) in [4.78, 5) is 8.90. The van der Waals surface area contributed by atoms with Crippen molar-refractivity contribution >= 4 is 16.7 Å². The second-order valence-corrected chi connectivity index (χ2v) is 10.5. The molecule has 4 saturated carbocycles. The Labute approximate surface area is 194 Å². The van der Waals surface area contributed by atoms with E-state index in [2.05, 4.69) is 9.97 Å². The van der Waals surface area contributed by atoms with Crippen LogP contribution in [-0.4, -0.2) is 20.7 Å². The zero-order valence-electron chi connectivity index (χ0n) is 19.3. The number of aryl methyl sites for hydroxylation is 1. The van der Waals surface area contributed by atoms with Crippen molar-refractivity contribution in [2.75, 3.05) is 5.73 Å². The van der Waals surface area contributed by atoms with Crippen molar-refractivity contribution in [2.24, 2.45) is 17.8 Å². The molecule has 0 spiro atoms. The van der Waals surface area contributed by atoms with Gasteiger partial charge in [0.2, 0.25) is 0 Å². The van der Waals surface area contributed by atoms with Crippen molar-refractivity contribution in [3.63, 3.8) is 0 Å². The van der Waals surface area contributed by atoms with Gasteiger partial charge in [0.05, 0.1) is 16.9 Å². The molecule has 6 heteroatoms. The highest BCUT2D eigenvalue weighted by atomic mass is 16.5. The zero-order chi connectivity index (χ0) is 22.7. The van der Waals surface area contributed by atoms with Crippen LogP contribution >= 0.6 is 0 Å². The van der Waals surface area contributed by atoms with Crippen LogP contribution in [0.15, 0.2) is 36.5 Å². The molecule has 4 aliphatic carbocycles. The zero-order valence-corrected chi connectivity index (χ0v) is 19.3. The fourth-order valence-corrected chi connectivity index (χ4v) is 6.92. The van der Waals surface area contributed by atoms with E-state index >= 15 is 0 Å². The molecule has 0 amide bonds. The lowest BCUT2D eigenvalue weighted by Gasteiger charge is -2.56. The number of anilines is 1. The van der Waals surface area contributed by atoms with E-state index in [1.165, 1.54) is 19.3 Å². The first-order valence-corrected chi connectivity index (χ1v) is 12.1. The lowest BCUT2D eigenvalue weighted by atomic mass is 9.54. The lowest BCUT2D eigenvalue weighted by molar-refractivity contribution is -0.108. The van der Waals surface area contributed by atoms with Crippen LogP contribution < -0.4 is 15.2 Å². The molecular formula is C27H31N3O3. The number of nitrogens with zero attached hydrogens (tertiary/aromatic N) is 2. The molecule has 4 bridgehead atoms. The summed E-state index contributed by atoms with van der Waals surface area (Å²) >= 11 is 0. The van der Waals surface area contributed by atoms with Gasteiger partial charge in [-0.2, -0.15) is 0 Å². The number of nitrogen functional groups attached to an aromatic ring is 1. The Hall–Kier alpha value is -3.02. The molecule has 0 radical (unpaired) electrons. The Morgan fingerprint density at radius 3 is 2.45 bits per heavy atom. The first-order valence-electron chi connectivity index (χ1n) is 12.1. The number of nitrogens with two attached hydrogens (primary N) is 1. The van der Waals surface area contributed by atoms with Crippen LogP contribution in [0.1, 0.15) is 62.8 Å². The highest BCUT2D eigenvalue weighted by Gasteiger charge is 2.52. The molecule has 0 saturated heterocycles. The number of aromatic hydroxyl groups is 1. The summed E-state index contributed by atoms with van der Waals surface area (Å²) in [5, 5.41) is 11.9. The molecular weight excluding hydrogens is 414 g/mol. The third-order valence-corrected chi connectivity index (χ3v) is 7.96. The molecule has 2 heterocycles. The standard InChI is InChI=1S/C27H31N3O3/c1-15-23(11-20-4-3-7-29-26(20)30-15)32-16(2)24-22(6-5-21(28)25(24)31)33-27-12-17-8-18(13-27)10-19(9-17)14-27/h3-7,11,16-19,31H,8-10,12-14,28H2,1-2H3. The van der Waals surface area contributed by atoms with Crippen molar-refractivity contribution in [1.82, 2.24) is 9.97 Å². The number of aromatic nitrogens is 2. The minimum Gasteiger partial charge on any atom is -0.505 e. The summed E-state index contributed by atoms with van der Waals surface area (Å²) in [5.41, 5.74) is 8.35. The molecule has 3 aromatic rings. The number of ether oxygens (including phenoxy) is 2. The van der Waals surface area contributed by atoms with Crippen molar-refractivity contribution in [3.8, 4) is 17.2 Å². The third kappa shape index (κ3) is 3.56. The minimum absolute atomic E-state index is 0.0396. The molecule has 4 fully saturated rings. The van der Waals surface area contributed by atoms with Gasteiger partial charge in [0.15, 0.2) is 5.65 Å². The molecule has 1 aromatic carbocycles. The number of phenolic OH excluding ortho intramolecular Hbond substituents is 1. The van der Waals surface area contributed by atoms with Crippen LogP contribution in [-0.2, 0) is 0 Å². The van der Waals surface area contributed by atoms with E-state index in [4.69, 9.17) is 15.2 Å². The molecule has 3 N–H and O–H groups in total. The molecule has 2 aromatic heterocycles. The lowest BCUT2D eigenvalue weighted by Crippen LogP contribution is -2.53. The number of hydrogen-bond donors (Lipinski definition) is 2. The number of phenols is 1. The predicted octanol–water partition coefficient (Wildman–Crippen LogP) is 5.71. The second-order valence-electron chi connectivity index (χ2n) is 10.5. The summed E-state index contributed by atoms with van der Waals surface area (Å²) in [6.45, 7) is 3.83. The molecule has 6 nitrogen and oxygen atoms in total. The van der Waals surface area contributed by atoms with Crippen molar-refractivity contribution < 1.29 is 14.6 Å². The van der Waals surface area contributed by atoms with Crippen LogP contribution in [0.5, 0.6) is 17.2 Å². The van der Waals surface area contributed by atoms with Gasteiger partial charge in [-0.15, -0.1) is 0 Å². The van der Waals surface area contributed by atoms with Crippen molar-refractivity contribution in [3.05, 3.63) is 47.8 Å². The number of fused-ring (bicyclic) bond motifs is 1. The van der Waals surface area contributed by atoms with E-state index < -0.39 is 6.10 Å². The first-order chi connectivity index (χ1) is 15.9. The smallest absolute Gasteiger partial charge is 0.159 e. The molecule has 7 rings (SSSR count). The molecule has 4 aliphatic rings. The number of pyridine rings is 2. The fourth-order valence-electron chi connectivity index (χ4n) is 6.92. The van der Waals surface area contributed by atoms with E-state index in [1.54, 1.807) is 12.3 Å². The monoisotopic (exact) mass is 445 g/mol. The predicted molar refractivity (Wildman–Crippen MR) is 127 cm³/mol. The maximum atomic E-state index is 11.0. The van der Waals surface area contributed by atoms with Crippen LogP contribution in [0.4, 0.5) is 5.69 Å². The highest BCUT2D eigenvalue weighted by molar-refractivity contribution is 5.76. The van der Waals surface area contributed by atoms with Crippen molar-refractivity contribution in [2.45, 2.75) is 64.1 Å². The second kappa shape index (κ2) is 7.51. The third-order valence-electron chi connectivity index (χ3n) is 7.96. The van der Waals surface area contributed by atoms with Gasteiger partial charge in [-0.25, -0.2) is 9.97 Å². The Morgan fingerprint density at radius 1 is 1.06 bits per heavy atom. The van der Waals surface area contributed by atoms with Gasteiger partial charge >= 0.3 is 0 Å². The summed E-state index contributed by atoms with van der Waals surface area (Å²) < 4.78 is 13.2. The Morgan fingerprint density at radius 2 is 1.76 bits per heavy atom. The molecule has 0 aliphatic heterocycles. The maximum absolute atomic E-state index is 11.0. The van der Waals surface area contributed by atoms with E-state index in [-0.39, 0.29) is 11.4 Å². The average molecular weight is 446 g/mol. The van der Waals surface area contributed by atoms with Crippen LogP contribution in [0.25, 0.3) is 11.0 Å². The minimum atomic E-state index is -0.466.